The van der Waals surface area contributed by atoms with Crippen LogP contribution in [0.4, 0.5) is 0 Å². The molecule has 0 bridgehead atoms. The van der Waals surface area contributed by atoms with Crippen LogP contribution < -0.4 is 0 Å². The van der Waals surface area contributed by atoms with Gasteiger partial charge in [-0.15, -0.1) is 0 Å². The van der Waals surface area contributed by atoms with E-state index in [1.165, 1.54) is 0 Å². The maximum Gasteiger partial charge on any atom is 0.131 e. The molecule has 0 aliphatic carbocycles. The van der Waals surface area contributed by atoms with E-state index < -0.39 is 0 Å². The van der Waals surface area contributed by atoms with E-state index in [1.54, 1.807) is 0 Å². The molecule has 2 aliphatic rings. The van der Waals surface area contributed by atoms with Gasteiger partial charge in [-0.3, -0.25) is 4.90 Å². The van der Waals surface area contributed by atoms with Gasteiger partial charge in [-0.1, -0.05) is 0 Å². The van der Waals surface area contributed by atoms with Crippen molar-refractivity contribution in [3.63, 3.8) is 0 Å². The molecule has 0 saturated carbocycles. The number of rotatable bonds is 3. The molecule has 1 fully saturated rings. The summed E-state index contributed by atoms with van der Waals surface area (Å²) in [6.45, 7) is 4.78. The van der Waals surface area contributed by atoms with Crippen LogP contribution in [0, 0.1) is 0 Å². The highest BCUT2D eigenvalue weighted by Gasteiger charge is 2.19. The minimum atomic E-state index is -0.363. The van der Waals surface area contributed by atoms with E-state index in [9.17, 15) is 5.11 Å². The third kappa shape index (κ3) is 2.58. The largest absolute Gasteiger partial charge is 0.379 e. The Labute approximate surface area is 107 Å². The Hall–Kier alpha value is -0.910. The monoisotopic (exact) mass is 251 g/mol. The van der Waals surface area contributed by atoms with E-state index in [0.717, 1.165) is 70.0 Å². The molecular formula is C13H21N3O2. The summed E-state index contributed by atoms with van der Waals surface area (Å²) in [5, 5.41) is 9.89. The number of fused-ring (bicyclic) bond motifs is 1. The first-order chi connectivity index (χ1) is 8.83. The van der Waals surface area contributed by atoms with Crippen molar-refractivity contribution in [3.05, 3.63) is 17.7 Å². The number of hydrogen-bond donors (Lipinski definition) is 1. The van der Waals surface area contributed by atoms with Crippen molar-refractivity contribution in [2.45, 2.75) is 31.9 Å². The average Bonchev–Trinajstić information content (AvgIpc) is 2.82. The van der Waals surface area contributed by atoms with Gasteiger partial charge in [0.25, 0.3) is 0 Å². The third-order valence-electron chi connectivity index (χ3n) is 3.83. The lowest BCUT2D eigenvalue weighted by molar-refractivity contribution is 0.0383. The molecule has 100 valence electrons. The number of aromatic nitrogens is 2. The number of aryl methyl sites for hydroxylation is 1. The van der Waals surface area contributed by atoms with Crippen molar-refractivity contribution in [3.8, 4) is 0 Å². The Kier molecular flexibility index (Phi) is 3.63. The van der Waals surface area contributed by atoms with Gasteiger partial charge in [0.1, 0.15) is 12.1 Å². The fourth-order valence-electron chi connectivity index (χ4n) is 2.73. The number of imidazole rings is 1. The second kappa shape index (κ2) is 5.38. The lowest BCUT2D eigenvalue weighted by Gasteiger charge is -2.26. The van der Waals surface area contributed by atoms with Gasteiger partial charge in [0.15, 0.2) is 0 Å². The SMILES string of the molecule is OC1CCCc2nc(CCN3CCOCC3)cn21. The zero-order valence-corrected chi connectivity index (χ0v) is 10.7. The van der Waals surface area contributed by atoms with Crippen LogP contribution in [0.15, 0.2) is 6.20 Å². The van der Waals surface area contributed by atoms with E-state index in [1.807, 2.05) is 10.8 Å². The van der Waals surface area contributed by atoms with Crippen molar-refractivity contribution < 1.29 is 9.84 Å². The molecule has 0 radical (unpaired) electrons. The molecule has 1 aromatic rings. The Morgan fingerprint density at radius 2 is 2.22 bits per heavy atom. The molecule has 1 N–H and O–H groups in total. The van der Waals surface area contributed by atoms with Gasteiger partial charge in [-0.2, -0.15) is 0 Å². The quantitative estimate of drug-likeness (QED) is 0.854. The molecule has 1 unspecified atom stereocenters. The fourth-order valence-corrected chi connectivity index (χ4v) is 2.73. The number of aliphatic hydroxyl groups is 1. The van der Waals surface area contributed by atoms with Crippen molar-refractivity contribution >= 4 is 0 Å². The molecule has 0 aromatic carbocycles. The number of morpholine rings is 1. The summed E-state index contributed by atoms with van der Waals surface area (Å²) in [4.78, 5) is 7.05. The van der Waals surface area contributed by atoms with Gasteiger partial charge in [0.2, 0.25) is 0 Å². The van der Waals surface area contributed by atoms with Crippen molar-refractivity contribution in [2.75, 3.05) is 32.8 Å². The lowest BCUT2D eigenvalue weighted by Crippen LogP contribution is -2.37. The fraction of sp³-hybridized carbons (Fsp3) is 0.769. The molecule has 1 aromatic heterocycles. The molecule has 18 heavy (non-hydrogen) atoms. The molecule has 3 heterocycles. The highest BCUT2D eigenvalue weighted by Crippen LogP contribution is 2.22. The van der Waals surface area contributed by atoms with Crippen LogP contribution >= 0.6 is 0 Å². The maximum absolute atomic E-state index is 9.89. The predicted molar refractivity (Wildman–Crippen MR) is 67.4 cm³/mol. The van der Waals surface area contributed by atoms with E-state index in [-0.39, 0.29) is 6.23 Å². The molecule has 0 spiro atoms. The second-order valence-electron chi connectivity index (χ2n) is 5.13. The van der Waals surface area contributed by atoms with Gasteiger partial charge < -0.3 is 14.4 Å². The van der Waals surface area contributed by atoms with Gasteiger partial charge in [-0.25, -0.2) is 4.98 Å². The van der Waals surface area contributed by atoms with Gasteiger partial charge >= 0.3 is 0 Å². The zero-order chi connectivity index (χ0) is 12.4. The van der Waals surface area contributed by atoms with Crippen LogP contribution in [-0.2, 0) is 17.6 Å². The topological polar surface area (TPSA) is 50.5 Å². The molecular weight excluding hydrogens is 230 g/mol. The zero-order valence-electron chi connectivity index (χ0n) is 10.7. The van der Waals surface area contributed by atoms with Crippen molar-refractivity contribution in [1.82, 2.24) is 14.5 Å². The molecule has 0 amide bonds. The van der Waals surface area contributed by atoms with E-state index >= 15 is 0 Å². The Morgan fingerprint density at radius 1 is 1.39 bits per heavy atom. The molecule has 5 nitrogen and oxygen atoms in total. The third-order valence-corrected chi connectivity index (χ3v) is 3.83. The first kappa shape index (κ1) is 12.1. The molecule has 1 saturated heterocycles. The van der Waals surface area contributed by atoms with Crippen molar-refractivity contribution in [1.29, 1.82) is 0 Å². The Morgan fingerprint density at radius 3 is 3.00 bits per heavy atom. The first-order valence-corrected chi connectivity index (χ1v) is 6.88. The number of ether oxygens (including phenoxy) is 1. The van der Waals surface area contributed by atoms with E-state index in [4.69, 9.17) is 4.74 Å². The summed E-state index contributed by atoms with van der Waals surface area (Å²) < 4.78 is 7.28. The Bertz CT molecular complexity index is 399. The Balaban J connectivity index is 1.59. The van der Waals surface area contributed by atoms with Gasteiger partial charge in [-0.05, 0) is 12.8 Å². The van der Waals surface area contributed by atoms with Crippen LogP contribution in [0.5, 0.6) is 0 Å². The summed E-state index contributed by atoms with van der Waals surface area (Å²) in [5.74, 6) is 1.05. The van der Waals surface area contributed by atoms with Gasteiger partial charge in [0, 0.05) is 38.7 Å². The van der Waals surface area contributed by atoms with Crippen LogP contribution in [0.1, 0.15) is 30.6 Å². The number of aliphatic hydroxyl groups excluding tert-OH is 1. The van der Waals surface area contributed by atoms with Crippen LogP contribution in [-0.4, -0.2) is 52.4 Å². The second-order valence-corrected chi connectivity index (χ2v) is 5.13. The summed E-state index contributed by atoms with van der Waals surface area (Å²) >= 11 is 0. The van der Waals surface area contributed by atoms with E-state index in [0.29, 0.717) is 0 Å². The highest BCUT2D eigenvalue weighted by atomic mass is 16.5. The van der Waals surface area contributed by atoms with Gasteiger partial charge in [0.05, 0.1) is 18.9 Å². The normalized spacial score (nSPS) is 25.1. The van der Waals surface area contributed by atoms with Crippen molar-refractivity contribution in [2.24, 2.45) is 0 Å². The highest BCUT2D eigenvalue weighted by molar-refractivity contribution is 5.07. The summed E-state index contributed by atoms with van der Waals surface area (Å²) in [7, 11) is 0. The summed E-state index contributed by atoms with van der Waals surface area (Å²) in [6.07, 6.45) is 5.52. The average molecular weight is 251 g/mol. The molecule has 2 aliphatic heterocycles. The number of nitrogens with zero attached hydrogens (tertiary/aromatic N) is 3. The molecule has 5 heteroatoms. The minimum absolute atomic E-state index is 0.363. The number of hydrogen-bond acceptors (Lipinski definition) is 4. The molecule has 1 atom stereocenters. The summed E-state index contributed by atoms with van der Waals surface area (Å²) in [5.41, 5.74) is 1.11. The molecule has 3 rings (SSSR count). The minimum Gasteiger partial charge on any atom is -0.379 e. The lowest BCUT2D eigenvalue weighted by atomic mass is 10.1. The predicted octanol–water partition coefficient (Wildman–Crippen LogP) is 0.585. The van der Waals surface area contributed by atoms with Crippen LogP contribution in [0.3, 0.4) is 0 Å². The van der Waals surface area contributed by atoms with E-state index in [2.05, 4.69) is 9.88 Å². The first-order valence-electron chi connectivity index (χ1n) is 6.88. The standard InChI is InChI=1S/C13H21N3O2/c17-13-3-1-2-12-14-11(10-16(12)13)4-5-15-6-8-18-9-7-15/h10,13,17H,1-9H2. The van der Waals surface area contributed by atoms with Crippen LogP contribution in [0.25, 0.3) is 0 Å². The maximum atomic E-state index is 9.89. The summed E-state index contributed by atoms with van der Waals surface area (Å²) in [6, 6.07) is 0. The smallest absolute Gasteiger partial charge is 0.131 e. The van der Waals surface area contributed by atoms with Crippen LogP contribution in [0.2, 0.25) is 0 Å².